The fraction of sp³-hybridized carbons (Fsp3) is 0.182. The van der Waals surface area contributed by atoms with Gasteiger partial charge in [0.1, 0.15) is 5.75 Å². The van der Waals surface area contributed by atoms with Gasteiger partial charge in [0.05, 0.1) is 17.7 Å². The second-order valence-electron chi connectivity index (χ2n) is 3.65. The number of rotatable bonds is 2. The summed E-state index contributed by atoms with van der Waals surface area (Å²) in [4.78, 5) is 0. The van der Waals surface area contributed by atoms with Crippen molar-refractivity contribution in [3.05, 3.63) is 28.8 Å². The number of methoxy groups -OCH3 is 1. The van der Waals surface area contributed by atoms with Gasteiger partial charge in [0.15, 0.2) is 11.6 Å². The Labute approximate surface area is 110 Å². The lowest BCUT2D eigenvalue weighted by Crippen LogP contribution is -2.08. The van der Waals surface area contributed by atoms with Crippen LogP contribution >= 0.6 is 11.6 Å². The van der Waals surface area contributed by atoms with Gasteiger partial charge < -0.3 is 15.0 Å². The van der Waals surface area contributed by atoms with Crippen LogP contribution in [0.3, 0.4) is 0 Å². The highest BCUT2D eigenvalue weighted by Crippen LogP contribution is 2.43. The topological polar surface area (TPSA) is 61.3 Å². The van der Waals surface area contributed by atoms with E-state index in [1.807, 2.05) is 0 Å². The number of nitrogens with two attached hydrogens (primary N) is 1. The van der Waals surface area contributed by atoms with E-state index in [0.717, 1.165) is 13.2 Å². The van der Waals surface area contributed by atoms with Crippen molar-refractivity contribution in [3.8, 4) is 17.1 Å². The van der Waals surface area contributed by atoms with Gasteiger partial charge in [0, 0.05) is 11.6 Å². The van der Waals surface area contributed by atoms with Crippen LogP contribution in [-0.4, -0.2) is 12.3 Å². The van der Waals surface area contributed by atoms with Crippen molar-refractivity contribution < 1.29 is 22.4 Å². The van der Waals surface area contributed by atoms with Gasteiger partial charge in [-0.2, -0.15) is 13.2 Å². The van der Waals surface area contributed by atoms with Gasteiger partial charge in [0.2, 0.25) is 0 Å². The molecule has 0 atom stereocenters. The molecule has 0 bridgehead atoms. The number of benzene rings is 1. The summed E-state index contributed by atoms with van der Waals surface area (Å²) in [6.07, 6.45) is -4.60. The molecule has 2 rings (SSSR count). The molecule has 8 heteroatoms. The molecule has 0 fully saturated rings. The first-order valence-electron chi connectivity index (χ1n) is 5.00. The largest absolute Gasteiger partial charge is 0.495 e. The first kappa shape index (κ1) is 13.5. The highest BCUT2D eigenvalue weighted by Gasteiger charge is 2.36. The summed E-state index contributed by atoms with van der Waals surface area (Å²) in [5, 5.41) is 3.23. The van der Waals surface area contributed by atoms with Crippen molar-refractivity contribution >= 4 is 17.4 Å². The SMILES string of the molecule is COc1c(Cl)cc(-c2cc(N)no2)cc1C(F)(F)F. The van der Waals surface area contributed by atoms with E-state index < -0.39 is 17.5 Å². The number of anilines is 1. The monoisotopic (exact) mass is 292 g/mol. The highest BCUT2D eigenvalue weighted by atomic mass is 35.5. The molecule has 0 aliphatic rings. The van der Waals surface area contributed by atoms with E-state index in [9.17, 15) is 13.2 Å². The molecule has 0 aliphatic carbocycles. The van der Waals surface area contributed by atoms with Gasteiger partial charge in [-0.1, -0.05) is 16.8 Å². The Morgan fingerprint density at radius 1 is 1.32 bits per heavy atom. The van der Waals surface area contributed by atoms with E-state index in [2.05, 4.69) is 9.89 Å². The summed E-state index contributed by atoms with van der Waals surface area (Å²) >= 11 is 5.78. The normalized spacial score (nSPS) is 11.6. The Morgan fingerprint density at radius 3 is 2.47 bits per heavy atom. The molecular formula is C11H8ClF3N2O2. The molecule has 1 aromatic heterocycles. The van der Waals surface area contributed by atoms with Crippen LogP contribution in [0.5, 0.6) is 5.75 Å². The average Bonchev–Trinajstić information content (AvgIpc) is 2.73. The molecule has 0 radical (unpaired) electrons. The lowest BCUT2D eigenvalue weighted by molar-refractivity contribution is -0.138. The summed E-state index contributed by atoms with van der Waals surface area (Å²) in [6.45, 7) is 0. The van der Waals surface area contributed by atoms with Crippen molar-refractivity contribution in [2.75, 3.05) is 12.8 Å². The van der Waals surface area contributed by atoms with Gasteiger partial charge in [-0.3, -0.25) is 0 Å². The zero-order chi connectivity index (χ0) is 14.2. The van der Waals surface area contributed by atoms with Crippen LogP contribution in [0.15, 0.2) is 22.7 Å². The number of hydrogen-bond donors (Lipinski definition) is 1. The highest BCUT2D eigenvalue weighted by molar-refractivity contribution is 6.32. The minimum Gasteiger partial charge on any atom is -0.495 e. The molecule has 1 aromatic carbocycles. The quantitative estimate of drug-likeness (QED) is 0.918. The number of hydrogen-bond acceptors (Lipinski definition) is 4. The molecule has 0 aliphatic heterocycles. The van der Waals surface area contributed by atoms with Crippen LogP contribution in [0.2, 0.25) is 5.02 Å². The number of aromatic nitrogens is 1. The number of nitrogen functional groups attached to an aromatic ring is 1. The number of halogens is 4. The smallest absolute Gasteiger partial charge is 0.420 e. The maximum absolute atomic E-state index is 12.9. The number of ether oxygens (including phenoxy) is 1. The predicted molar refractivity (Wildman–Crippen MR) is 62.9 cm³/mol. The van der Waals surface area contributed by atoms with Crippen LogP contribution < -0.4 is 10.5 Å². The minimum atomic E-state index is -4.60. The molecule has 0 spiro atoms. The van der Waals surface area contributed by atoms with E-state index in [1.165, 1.54) is 12.1 Å². The van der Waals surface area contributed by atoms with E-state index >= 15 is 0 Å². The second kappa shape index (κ2) is 4.65. The van der Waals surface area contributed by atoms with Crippen molar-refractivity contribution in [3.63, 3.8) is 0 Å². The molecule has 0 saturated carbocycles. The maximum atomic E-state index is 12.9. The van der Waals surface area contributed by atoms with Gasteiger partial charge >= 0.3 is 6.18 Å². The van der Waals surface area contributed by atoms with Crippen molar-refractivity contribution in [2.24, 2.45) is 0 Å². The minimum absolute atomic E-state index is 0.0653. The Hall–Kier alpha value is -1.89. The fourth-order valence-corrected chi connectivity index (χ4v) is 1.88. The third kappa shape index (κ3) is 2.60. The first-order chi connectivity index (χ1) is 8.82. The molecule has 1 heterocycles. The molecule has 0 amide bonds. The first-order valence-corrected chi connectivity index (χ1v) is 5.38. The van der Waals surface area contributed by atoms with Gasteiger partial charge in [0.25, 0.3) is 0 Å². The standard InChI is InChI=1S/C11H8ClF3N2O2/c1-18-10-6(11(13,14)15)2-5(3-7(10)12)8-4-9(16)17-19-8/h2-4H,1H3,(H2,16,17). The van der Waals surface area contributed by atoms with Gasteiger partial charge in [-0.15, -0.1) is 0 Å². The molecule has 19 heavy (non-hydrogen) atoms. The van der Waals surface area contributed by atoms with Crippen LogP contribution in [0.25, 0.3) is 11.3 Å². The molecule has 2 N–H and O–H groups in total. The molecule has 4 nitrogen and oxygen atoms in total. The third-order valence-electron chi connectivity index (χ3n) is 2.37. The Balaban J connectivity index is 2.63. The van der Waals surface area contributed by atoms with Crippen molar-refractivity contribution in [1.82, 2.24) is 5.16 Å². The maximum Gasteiger partial charge on any atom is 0.420 e. The zero-order valence-electron chi connectivity index (χ0n) is 9.58. The van der Waals surface area contributed by atoms with Crippen LogP contribution in [0.4, 0.5) is 19.0 Å². The summed E-state index contributed by atoms with van der Waals surface area (Å²) in [7, 11) is 1.11. The molecule has 2 aromatic rings. The van der Waals surface area contributed by atoms with E-state index in [-0.39, 0.29) is 22.2 Å². The number of alkyl halides is 3. The lowest BCUT2D eigenvalue weighted by Gasteiger charge is -2.14. The van der Waals surface area contributed by atoms with E-state index in [4.69, 9.17) is 21.9 Å². The molecular weight excluding hydrogens is 285 g/mol. The van der Waals surface area contributed by atoms with E-state index in [0.29, 0.717) is 0 Å². The number of nitrogens with zero attached hydrogens (tertiary/aromatic N) is 1. The third-order valence-corrected chi connectivity index (χ3v) is 2.65. The molecule has 0 saturated heterocycles. The van der Waals surface area contributed by atoms with E-state index in [1.54, 1.807) is 0 Å². The Kier molecular flexibility index (Phi) is 3.32. The molecule has 102 valence electrons. The Bertz CT molecular complexity index is 610. The second-order valence-corrected chi connectivity index (χ2v) is 4.06. The average molecular weight is 293 g/mol. The summed E-state index contributed by atoms with van der Waals surface area (Å²) < 4.78 is 48.2. The lowest BCUT2D eigenvalue weighted by atomic mass is 10.1. The summed E-state index contributed by atoms with van der Waals surface area (Å²) in [5.41, 5.74) is 4.47. The van der Waals surface area contributed by atoms with Crippen LogP contribution in [-0.2, 0) is 6.18 Å². The fourth-order valence-electron chi connectivity index (χ4n) is 1.58. The van der Waals surface area contributed by atoms with Crippen molar-refractivity contribution in [1.29, 1.82) is 0 Å². The van der Waals surface area contributed by atoms with Crippen LogP contribution in [0.1, 0.15) is 5.56 Å². The van der Waals surface area contributed by atoms with Crippen LogP contribution in [0, 0.1) is 0 Å². The van der Waals surface area contributed by atoms with Crippen molar-refractivity contribution in [2.45, 2.75) is 6.18 Å². The van der Waals surface area contributed by atoms with Gasteiger partial charge in [-0.25, -0.2) is 0 Å². The zero-order valence-corrected chi connectivity index (χ0v) is 10.3. The van der Waals surface area contributed by atoms with Gasteiger partial charge in [-0.05, 0) is 12.1 Å². The summed E-state index contributed by atoms with van der Waals surface area (Å²) in [6, 6.07) is 3.46. The summed E-state index contributed by atoms with van der Waals surface area (Å²) in [5.74, 6) is -0.284. The predicted octanol–water partition coefficient (Wildman–Crippen LogP) is 3.60. The Morgan fingerprint density at radius 2 is 2.00 bits per heavy atom. The molecule has 0 unspecified atom stereocenters.